The van der Waals surface area contributed by atoms with Crippen LogP contribution in [0.2, 0.25) is 10.0 Å². The molecule has 1 aliphatic rings. The van der Waals surface area contributed by atoms with Crippen LogP contribution in [0.1, 0.15) is 51.1 Å². The predicted octanol–water partition coefficient (Wildman–Crippen LogP) is 6.62. The van der Waals surface area contributed by atoms with Crippen LogP contribution in [0.15, 0.2) is 34.7 Å². The van der Waals surface area contributed by atoms with Crippen LogP contribution >= 0.6 is 34.5 Å². The second-order valence-corrected chi connectivity index (χ2v) is 8.80. The van der Waals surface area contributed by atoms with Crippen LogP contribution in [-0.2, 0) is 17.6 Å². The minimum absolute atomic E-state index is 0.136. The Labute approximate surface area is 187 Å². The highest BCUT2D eigenvalue weighted by atomic mass is 35.5. The first-order valence-electron chi connectivity index (χ1n) is 9.66. The standard InChI is InChI=1S/C22H19Cl2NO4S/c1-2-28-22(27)19-13-5-3-4-6-18(13)30-21(19)25-20(26)17-10-9-16(29-17)12-7-8-14(23)15(24)11-12/h7-11H,2-6H2,1H3,(H,25,26). The second kappa shape index (κ2) is 8.84. The Kier molecular flexibility index (Phi) is 6.18. The fourth-order valence-electron chi connectivity index (χ4n) is 3.50. The predicted molar refractivity (Wildman–Crippen MR) is 119 cm³/mol. The molecular formula is C22H19Cl2NO4S. The molecule has 2 aromatic heterocycles. The number of nitrogens with one attached hydrogen (secondary N) is 1. The lowest BCUT2D eigenvalue weighted by molar-refractivity contribution is 0.0526. The highest BCUT2D eigenvalue weighted by Crippen LogP contribution is 2.39. The molecule has 1 aromatic carbocycles. The molecule has 30 heavy (non-hydrogen) atoms. The third-order valence-corrected chi connectivity index (χ3v) is 6.86. The summed E-state index contributed by atoms with van der Waals surface area (Å²) in [4.78, 5) is 26.5. The molecule has 1 N–H and O–H groups in total. The summed E-state index contributed by atoms with van der Waals surface area (Å²) >= 11 is 13.5. The molecule has 3 aromatic rings. The van der Waals surface area contributed by atoms with E-state index in [4.69, 9.17) is 32.4 Å². The average Bonchev–Trinajstić information content (AvgIpc) is 3.35. The van der Waals surface area contributed by atoms with Crippen molar-refractivity contribution in [1.82, 2.24) is 0 Å². The van der Waals surface area contributed by atoms with Crippen LogP contribution in [-0.4, -0.2) is 18.5 Å². The fourth-order valence-corrected chi connectivity index (χ4v) is 5.07. The summed E-state index contributed by atoms with van der Waals surface area (Å²) in [6, 6.07) is 8.39. The van der Waals surface area contributed by atoms with Crippen molar-refractivity contribution in [2.45, 2.75) is 32.6 Å². The number of amides is 1. The Bertz CT molecular complexity index is 1120. The molecular weight excluding hydrogens is 445 g/mol. The summed E-state index contributed by atoms with van der Waals surface area (Å²) in [6.07, 6.45) is 3.83. The SMILES string of the molecule is CCOC(=O)c1c(NC(=O)c2ccc(-c3ccc(Cl)c(Cl)c3)o2)sc2c1CCCC2. The second-order valence-electron chi connectivity index (χ2n) is 6.88. The van der Waals surface area contributed by atoms with Gasteiger partial charge in [-0.1, -0.05) is 23.2 Å². The van der Waals surface area contributed by atoms with E-state index in [1.807, 2.05) is 0 Å². The van der Waals surface area contributed by atoms with Crippen molar-refractivity contribution in [3.63, 3.8) is 0 Å². The van der Waals surface area contributed by atoms with Gasteiger partial charge in [0.1, 0.15) is 10.8 Å². The highest BCUT2D eigenvalue weighted by molar-refractivity contribution is 7.17. The Morgan fingerprint density at radius 2 is 1.93 bits per heavy atom. The number of hydrogen-bond acceptors (Lipinski definition) is 5. The van der Waals surface area contributed by atoms with Gasteiger partial charge in [-0.05, 0) is 68.5 Å². The Morgan fingerprint density at radius 3 is 2.70 bits per heavy atom. The summed E-state index contributed by atoms with van der Waals surface area (Å²) in [5, 5.41) is 4.20. The molecule has 0 radical (unpaired) electrons. The first-order valence-corrected chi connectivity index (χ1v) is 11.2. The number of hydrogen-bond donors (Lipinski definition) is 1. The van der Waals surface area contributed by atoms with E-state index in [2.05, 4.69) is 5.32 Å². The van der Waals surface area contributed by atoms with Crippen molar-refractivity contribution in [3.05, 3.63) is 62.1 Å². The number of ether oxygens (including phenoxy) is 1. The molecule has 4 rings (SSSR count). The van der Waals surface area contributed by atoms with Crippen molar-refractivity contribution < 1.29 is 18.7 Å². The first kappa shape index (κ1) is 21.0. The van der Waals surface area contributed by atoms with Gasteiger partial charge in [0, 0.05) is 10.4 Å². The molecule has 0 unspecified atom stereocenters. The number of furan rings is 1. The van der Waals surface area contributed by atoms with Crippen molar-refractivity contribution in [1.29, 1.82) is 0 Å². The van der Waals surface area contributed by atoms with Crippen molar-refractivity contribution in [2.75, 3.05) is 11.9 Å². The number of halogens is 2. The third kappa shape index (κ3) is 4.13. The zero-order chi connectivity index (χ0) is 21.3. The number of carbonyl (C=O) groups excluding carboxylic acids is 2. The largest absolute Gasteiger partial charge is 0.462 e. The van der Waals surface area contributed by atoms with Gasteiger partial charge < -0.3 is 14.5 Å². The van der Waals surface area contributed by atoms with E-state index in [1.54, 1.807) is 37.3 Å². The van der Waals surface area contributed by atoms with Gasteiger partial charge in [0.05, 0.1) is 22.2 Å². The molecule has 1 amide bonds. The lowest BCUT2D eigenvalue weighted by atomic mass is 9.95. The van der Waals surface area contributed by atoms with E-state index in [1.165, 1.54) is 11.3 Å². The minimum atomic E-state index is -0.426. The molecule has 0 atom stereocenters. The van der Waals surface area contributed by atoms with E-state index in [9.17, 15) is 9.59 Å². The fraction of sp³-hybridized carbons (Fsp3) is 0.273. The number of anilines is 1. The topological polar surface area (TPSA) is 68.5 Å². The molecule has 0 bridgehead atoms. The van der Waals surface area contributed by atoms with Crippen LogP contribution in [0.4, 0.5) is 5.00 Å². The monoisotopic (exact) mass is 463 g/mol. The van der Waals surface area contributed by atoms with Gasteiger partial charge in [0.15, 0.2) is 5.76 Å². The minimum Gasteiger partial charge on any atom is -0.462 e. The van der Waals surface area contributed by atoms with Crippen molar-refractivity contribution in [2.24, 2.45) is 0 Å². The lowest BCUT2D eigenvalue weighted by Gasteiger charge is -2.12. The molecule has 0 saturated heterocycles. The smallest absolute Gasteiger partial charge is 0.341 e. The first-order chi connectivity index (χ1) is 14.5. The molecule has 0 saturated carbocycles. The van der Waals surface area contributed by atoms with Gasteiger partial charge in [-0.2, -0.15) is 0 Å². The number of thiophene rings is 1. The van der Waals surface area contributed by atoms with Crippen LogP contribution in [0.25, 0.3) is 11.3 Å². The molecule has 1 aliphatic carbocycles. The molecule has 0 spiro atoms. The van der Waals surface area contributed by atoms with Crippen molar-refractivity contribution in [3.8, 4) is 11.3 Å². The summed E-state index contributed by atoms with van der Waals surface area (Å²) < 4.78 is 11.0. The Hall–Kier alpha value is -2.28. The van der Waals surface area contributed by atoms with Gasteiger partial charge in [0.25, 0.3) is 5.91 Å². The van der Waals surface area contributed by atoms with Gasteiger partial charge in [-0.25, -0.2) is 4.79 Å². The van der Waals surface area contributed by atoms with E-state index in [0.717, 1.165) is 36.1 Å². The van der Waals surface area contributed by atoms with Gasteiger partial charge in [-0.15, -0.1) is 11.3 Å². The van der Waals surface area contributed by atoms with Crippen LogP contribution in [0.3, 0.4) is 0 Å². The van der Waals surface area contributed by atoms with Gasteiger partial charge in [-0.3, -0.25) is 4.79 Å². The normalized spacial score (nSPS) is 13.0. The van der Waals surface area contributed by atoms with E-state index in [-0.39, 0.29) is 12.4 Å². The zero-order valence-electron chi connectivity index (χ0n) is 16.2. The maximum atomic E-state index is 12.8. The molecule has 5 nitrogen and oxygen atoms in total. The summed E-state index contributed by atoms with van der Waals surface area (Å²) in [7, 11) is 0. The molecule has 8 heteroatoms. The Morgan fingerprint density at radius 1 is 1.13 bits per heavy atom. The van der Waals surface area contributed by atoms with E-state index in [0.29, 0.717) is 31.9 Å². The number of rotatable bonds is 5. The maximum absolute atomic E-state index is 12.8. The number of fused-ring (bicyclic) bond motifs is 1. The van der Waals surface area contributed by atoms with Crippen LogP contribution in [0.5, 0.6) is 0 Å². The van der Waals surface area contributed by atoms with Crippen LogP contribution in [0, 0.1) is 0 Å². The maximum Gasteiger partial charge on any atom is 0.341 e. The average molecular weight is 464 g/mol. The van der Waals surface area contributed by atoms with Gasteiger partial charge >= 0.3 is 5.97 Å². The molecule has 0 fully saturated rings. The van der Waals surface area contributed by atoms with Crippen LogP contribution < -0.4 is 5.32 Å². The molecule has 156 valence electrons. The Balaban J connectivity index is 1.60. The number of benzene rings is 1. The summed E-state index contributed by atoms with van der Waals surface area (Å²) in [6.45, 7) is 2.05. The lowest BCUT2D eigenvalue weighted by Crippen LogP contribution is -2.15. The molecule has 0 aliphatic heterocycles. The molecule has 2 heterocycles. The number of esters is 1. The van der Waals surface area contributed by atoms with E-state index >= 15 is 0 Å². The van der Waals surface area contributed by atoms with Gasteiger partial charge in [0.2, 0.25) is 0 Å². The quantitative estimate of drug-likeness (QED) is 0.431. The zero-order valence-corrected chi connectivity index (χ0v) is 18.5. The van der Waals surface area contributed by atoms with Crippen molar-refractivity contribution >= 4 is 51.4 Å². The summed E-state index contributed by atoms with van der Waals surface area (Å²) in [5.74, 6) is -0.194. The van der Waals surface area contributed by atoms with E-state index < -0.39 is 11.9 Å². The third-order valence-electron chi connectivity index (χ3n) is 4.91. The highest BCUT2D eigenvalue weighted by Gasteiger charge is 2.28. The summed E-state index contributed by atoms with van der Waals surface area (Å²) in [5.41, 5.74) is 2.18. The number of carbonyl (C=O) groups is 2. The number of aryl methyl sites for hydroxylation is 1.